The molecule has 0 amide bonds. The van der Waals surface area contributed by atoms with Gasteiger partial charge in [0.2, 0.25) is 0 Å². The van der Waals surface area contributed by atoms with E-state index >= 15 is 0 Å². The second-order valence-electron chi connectivity index (χ2n) is 26.3. The van der Waals surface area contributed by atoms with E-state index in [-0.39, 0.29) is 29.8 Å². The third-order valence-electron chi connectivity index (χ3n) is 18.5. The monoisotopic (exact) mass is 1560 g/mol. The average Bonchev–Trinajstić information content (AvgIpc) is 0.691. The van der Waals surface area contributed by atoms with Crippen molar-refractivity contribution in [2.24, 2.45) is 17.3 Å². The van der Waals surface area contributed by atoms with Gasteiger partial charge in [-0.15, -0.1) is 3.89 Å². The van der Waals surface area contributed by atoms with Gasteiger partial charge in [0.25, 0.3) is 10.5 Å². The van der Waals surface area contributed by atoms with Gasteiger partial charge in [0.05, 0.1) is 33.1 Å². The Bertz CT molecular complexity index is 4890. The quantitative estimate of drug-likeness (QED) is 0.0356. The third kappa shape index (κ3) is 17.3. The number of fused-ring (bicyclic) bond motifs is 1. The smallest absolute Gasteiger partial charge is 0.367 e. The summed E-state index contributed by atoms with van der Waals surface area (Å²) in [6, 6.07) is 70.7. The summed E-state index contributed by atoms with van der Waals surface area (Å²) >= 11 is 0. The van der Waals surface area contributed by atoms with Crippen molar-refractivity contribution in [2.75, 3.05) is 19.9 Å². The fourth-order valence-electron chi connectivity index (χ4n) is 14.6. The molecule has 0 fully saturated rings. The van der Waals surface area contributed by atoms with Crippen LogP contribution in [0.4, 0.5) is 52.2 Å². The first-order chi connectivity index (χ1) is 51.2. The summed E-state index contributed by atoms with van der Waals surface area (Å²) < 4.78 is 227. The van der Waals surface area contributed by atoms with Crippen LogP contribution in [0, 0.1) is 63.8 Å². The van der Waals surface area contributed by atoms with Gasteiger partial charge < -0.3 is 18.6 Å². The Morgan fingerprint density at radius 2 is 0.694 bits per heavy atom. The average molecular weight is 1560 g/mol. The molecule has 0 saturated heterocycles. The summed E-state index contributed by atoms with van der Waals surface area (Å²) in [6.07, 6.45) is 0. The molecule has 0 saturated carbocycles. The Morgan fingerprint density at radius 3 is 0.981 bits per heavy atom. The lowest BCUT2D eigenvalue weighted by molar-refractivity contribution is -0.160. The van der Waals surface area contributed by atoms with Gasteiger partial charge in [-0.2, -0.15) is 8.78 Å². The lowest BCUT2D eigenvalue weighted by Crippen LogP contribution is -2.49. The summed E-state index contributed by atoms with van der Waals surface area (Å²) in [6.45, 7) is 3.17. The van der Waals surface area contributed by atoms with Crippen molar-refractivity contribution < 1.29 is 97.2 Å². The minimum atomic E-state index is -5.94. The maximum absolute atomic E-state index is 13.7. The number of ether oxygens (including phenoxy) is 2. The Morgan fingerprint density at radius 1 is 0.417 bits per heavy atom. The molecule has 17 rings (SSSR count). The minimum Gasteiger partial charge on any atom is -0.743 e. The Balaban J connectivity index is 0.000000141. The van der Waals surface area contributed by atoms with E-state index in [1.54, 1.807) is 60.7 Å². The minimum absolute atomic E-state index is 0.105. The predicted octanol–water partition coefficient (Wildman–Crippen LogP) is 18.7. The number of halogens is 12. The molecule has 4 bridgehead atoms. The maximum atomic E-state index is 13.7. The SMILES string of the molecule is CC(C)(C)C1C2c3ccccc3C(c3ccccc32)C1C(=O)OCC(F)(F)S(=O)(=O)[O-].Fc1cc(F)cc([S+](c2ccccc2)c2cc(F)cc(F)c2)c1.Fc1cc(F)cc([S+](c2ccccc2)c2cc(F)cc(F)c2)c1.O=C(CF)OCC12c3ccccc3C(c3ccccc31)c1ccccc12.O=S(=O)([O-])F. The van der Waals surface area contributed by atoms with Crippen LogP contribution in [0.5, 0.6) is 0 Å². The number of carbonyl (C=O) groups is 2. The highest BCUT2D eigenvalue weighted by molar-refractivity contribution is 7.97. The van der Waals surface area contributed by atoms with Crippen LogP contribution in [0.25, 0.3) is 0 Å². The molecule has 6 aliphatic carbocycles. The molecule has 2 unspecified atom stereocenters. The van der Waals surface area contributed by atoms with Crippen molar-refractivity contribution in [2.45, 2.75) is 78.6 Å². The number of esters is 2. The highest BCUT2D eigenvalue weighted by atomic mass is 32.3. The summed E-state index contributed by atoms with van der Waals surface area (Å²) in [5, 5.41) is -4.68. The molecule has 11 aromatic rings. The van der Waals surface area contributed by atoms with E-state index in [1.165, 1.54) is 65.2 Å². The lowest BCUT2D eigenvalue weighted by Gasteiger charge is -2.54. The molecule has 0 aromatic heterocycles. The van der Waals surface area contributed by atoms with Gasteiger partial charge in [-0.3, -0.25) is 4.79 Å². The van der Waals surface area contributed by atoms with Crippen molar-refractivity contribution in [3.8, 4) is 0 Å². The summed E-state index contributed by atoms with van der Waals surface area (Å²) in [7, 11) is -13.4. The van der Waals surface area contributed by atoms with Crippen molar-refractivity contribution in [3.05, 3.63) is 357 Å². The molecule has 0 heterocycles. The zero-order chi connectivity index (χ0) is 77.8. The van der Waals surface area contributed by atoms with E-state index in [0.29, 0.717) is 29.4 Å². The number of carbonyl (C=O) groups excluding carboxylic acids is 2. The second-order valence-corrected chi connectivity index (χ2v) is 32.6. The van der Waals surface area contributed by atoms with E-state index in [9.17, 15) is 74.7 Å². The van der Waals surface area contributed by atoms with Crippen LogP contribution in [0.15, 0.2) is 284 Å². The van der Waals surface area contributed by atoms with E-state index < -0.39 is 137 Å². The van der Waals surface area contributed by atoms with Gasteiger partial charge in [-0.05, 0) is 91.2 Å². The summed E-state index contributed by atoms with van der Waals surface area (Å²) in [5.74, 6) is -9.02. The van der Waals surface area contributed by atoms with Gasteiger partial charge >= 0.3 is 17.2 Å². The van der Waals surface area contributed by atoms with Gasteiger partial charge in [0.15, 0.2) is 52.8 Å². The molecule has 558 valence electrons. The molecule has 11 aromatic carbocycles. The van der Waals surface area contributed by atoms with Crippen LogP contribution in [0.2, 0.25) is 0 Å². The molecule has 26 heteroatoms. The Labute approximate surface area is 620 Å². The van der Waals surface area contributed by atoms with Gasteiger partial charge in [-0.25, -0.2) is 61.1 Å². The number of rotatable bonds is 13. The van der Waals surface area contributed by atoms with Crippen molar-refractivity contribution in [3.63, 3.8) is 0 Å². The Kier molecular flexibility index (Phi) is 23.8. The number of alkyl halides is 3. The van der Waals surface area contributed by atoms with Crippen LogP contribution in [0.1, 0.15) is 94.2 Å². The molecular weight excluding hydrogens is 1500 g/mol. The van der Waals surface area contributed by atoms with Gasteiger partial charge in [0, 0.05) is 90.6 Å². The first kappa shape index (κ1) is 79.1. The number of benzene rings is 11. The second kappa shape index (κ2) is 32.5. The molecule has 0 aliphatic heterocycles. The van der Waals surface area contributed by atoms with E-state index in [1.807, 2.05) is 106 Å². The molecule has 0 radical (unpaired) electrons. The maximum Gasteiger partial charge on any atom is 0.367 e. The Hall–Kier alpha value is -9.96. The first-order valence-corrected chi connectivity index (χ1v) is 38.1. The van der Waals surface area contributed by atoms with Crippen LogP contribution >= 0.6 is 0 Å². The lowest BCUT2D eigenvalue weighted by atomic mass is 9.49. The number of hydrogen-bond donors (Lipinski definition) is 0. The highest BCUT2D eigenvalue weighted by Crippen LogP contribution is 2.63. The molecular formula is C82H62F12O10S4. The fraction of sp³-hybridized carbons (Fsp3) is 0.171. The molecule has 0 spiro atoms. The zero-order valence-electron chi connectivity index (χ0n) is 57.0. The van der Waals surface area contributed by atoms with Crippen LogP contribution in [-0.4, -0.2) is 63.0 Å². The molecule has 2 atom stereocenters. The fourth-order valence-corrected chi connectivity index (χ4v) is 19.2. The van der Waals surface area contributed by atoms with Crippen molar-refractivity contribution in [1.82, 2.24) is 0 Å². The number of hydrogen-bond acceptors (Lipinski definition) is 10. The summed E-state index contributed by atoms with van der Waals surface area (Å²) in [4.78, 5) is 27.5. The standard InChI is InChI=1S/C23H24F2O5S.C23H17FO2.2C18H11F4S.FHO3S/c1-22(2,3)20-18-15-10-6-4-8-13(15)17(14-9-5-7-11-16(14)18)19(20)21(26)30-12-23(24,25)31(27,28)29;24-13-21(25)26-14-23-18-10-4-1-7-15(18)22(16-8-2-5-11-19(16)23)17-9-3-6-12-20(17)23;2*19-12-6-13(20)9-17(8-12)23(16-4-2-1-3-5-16)18-10-14(21)7-15(22)11-18;1-5(2,3)4/h4-11,17-20H,12H2,1-3H3,(H,27,28,29);1-12,22H,13-14H2;2*1-11H;(H,2,3,4)/q;;2*+1;/p-2. The van der Waals surface area contributed by atoms with Crippen LogP contribution < -0.4 is 0 Å². The van der Waals surface area contributed by atoms with Crippen LogP contribution in [0.3, 0.4) is 0 Å². The highest BCUT2D eigenvalue weighted by Gasteiger charge is 2.57. The van der Waals surface area contributed by atoms with E-state index in [2.05, 4.69) is 36.4 Å². The molecule has 0 N–H and O–H groups in total. The first-order valence-electron chi connectivity index (χ1n) is 32.9. The topological polar surface area (TPSA) is 167 Å². The van der Waals surface area contributed by atoms with Crippen LogP contribution in [-0.2, 0) is 66.9 Å². The van der Waals surface area contributed by atoms with Crippen molar-refractivity contribution >= 4 is 54.4 Å². The van der Waals surface area contributed by atoms with E-state index in [0.717, 1.165) is 63.2 Å². The van der Waals surface area contributed by atoms with Crippen molar-refractivity contribution in [1.29, 1.82) is 0 Å². The summed E-state index contributed by atoms with van der Waals surface area (Å²) in [5.41, 5.74) is 10.3. The van der Waals surface area contributed by atoms with Gasteiger partial charge in [-0.1, -0.05) is 178 Å². The molecule has 108 heavy (non-hydrogen) atoms. The van der Waals surface area contributed by atoms with E-state index in [4.69, 9.17) is 22.4 Å². The largest absolute Gasteiger partial charge is 0.743 e. The van der Waals surface area contributed by atoms with Gasteiger partial charge in [0.1, 0.15) is 53.1 Å². The molecule has 6 aliphatic rings. The zero-order valence-corrected chi connectivity index (χ0v) is 60.3. The molecule has 10 nitrogen and oxygen atoms in total. The third-order valence-corrected chi connectivity index (χ3v) is 23.6. The predicted molar refractivity (Wildman–Crippen MR) is 379 cm³/mol. The normalized spacial score (nSPS) is 17.6.